The Balaban J connectivity index is 1.85. The van der Waals surface area contributed by atoms with E-state index in [9.17, 15) is 0 Å². The summed E-state index contributed by atoms with van der Waals surface area (Å²) < 4.78 is 6.11. The van der Waals surface area contributed by atoms with Crippen molar-refractivity contribution in [1.82, 2.24) is 5.32 Å². The Hall–Kier alpha value is -1.02. The Labute approximate surface area is 123 Å². The summed E-state index contributed by atoms with van der Waals surface area (Å²) in [6.07, 6.45) is 5.49. The van der Waals surface area contributed by atoms with Crippen LogP contribution in [0, 0.1) is 5.92 Å². The normalized spacial score (nSPS) is 23.6. The zero-order valence-electron chi connectivity index (χ0n) is 13.4. The molecule has 0 bridgehead atoms. The fourth-order valence-electron chi connectivity index (χ4n) is 2.73. The average Bonchev–Trinajstić information content (AvgIpc) is 2.37. The molecule has 1 N–H and O–H groups in total. The fraction of sp³-hybridized carbons (Fsp3) is 0.667. The highest BCUT2D eigenvalue weighted by atomic mass is 16.5. The van der Waals surface area contributed by atoms with Crippen molar-refractivity contribution < 1.29 is 4.74 Å². The van der Waals surface area contributed by atoms with E-state index in [1.165, 1.54) is 31.2 Å². The molecule has 0 aromatic heterocycles. The molecule has 1 saturated carbocycles. The van der Waals surface area contributed by atoms with Gasteiger partial charge in [-0.05, 0) is 63.6 Å². The zero-order valence-corrected chi connectivity index (χ0v) is 13.4. The third-order valence-corrected chi connectivity index (χ3v) is 3.94. The van der Waals surface area contributed by atoms with E-state index in [1.54, 1.807) is 0 Å². The summed E-state index contributed by atoms with van der Waals surface area (Å²) in [7, 11) is 0. The minimum atomic E-state index is 0.160. The molecule has 0 aliphatic heterocycles. The smallest absolute Gasteiger partial charge is 0.119 e. The van der Waals surface area contributed by atoms with Gasteiger partial charge in [0, 0.05) is 12.1 Å². The lowest BCUT2D eigenvalue weighted by Gasteiger charge is -2.27. The van der Waals surface area contributed by atoms with Gasteiger partial charge in [-0.2, -0.15) is 0 Å². The number of hydrogen-bond donors (Lipinski definition) is 1. The van der Waals surface area contributed by atoms with Crippen LogP contribution in [0.3, 0.4) is 0 Å². The largest absolute Gasteiger partial charge is 0.490 e. The van der Waals surface area contributed by atoms with Gasteiger partial charge >= 0.3 is 0 Å². The van der Waals surface area contributed by atoms with Gasteiger partial charge in [0.15, 0.2) is 0 Å². The molecule has 2 unspecified atom stereocenters. The van der Waals surface area contributed by atoms with Gasteiger partial charge in [0.05, 0.1) is 6.10 Å². The van der Waals surface area contributed by atoms with Crippen molar-refractivity contribution in [2.75, 3.05) is 0 Å². The summed E-state index contributed by atoms with van der Waals surface area (Å²) in [6, 6.07) is 8.55. The number of nitrogens with one attached hydrogen (secondary N) is 1. The number of hydrogen-bond acceptors (Lipinski definition) is 2. The van der Waals surface area contributed by atoms with Gasteiger partial charge in [-0.15, -0.1) is 0 Å². The van der Waals surface area contributed by atoms with Crippen molar-refractivity contribution in [1.29, 1.82) is 0 Å². The molecule has 1 fully saturated rings. The van der Waals surface area contributed by atoms with E-state index in [2.05, 4.69) is 57.3 Å². The van der Waals surface area contributed by atoms with Gasteiger partial charge < -0.3 is 10.1 Å². The molecular weight excluding hydrogens is 246 g/mol. The Kier molecular flexibility index (Phi) is 5.09. The van der Waals surface area contributed by atoms with Crippen molar-refractivity contribution in [2.24, 2.45) is 5.92 Å². The van der Waals surface area contributed by atoms with Crippen LogP contribution >= 0.6 is 0 Å². The minimum absolute atomic E-state index is 0.160. The Morgan fingerprint density at radius 2 is 1.85 bits per heavy atom. The summed E-state index contributed by atoms with van der Waals surface area (Å²) in [5, 5.41) is 3.50. The summed E-state index contributed by atoms with van der Waals surface area (Å²) in [6.45, 7) is 9.80. The van der Waals surface area contributed by atoms with E-state index >= 15 is 0 Å². The molecular formula is C18H29NO. The van der Waals surface area contributed by atoms with Crippen LogP contribution in [0.15, 0.2) is 24.3 Å². The molecule has 0 saturated heterocycles. The van der Waals surface area contributed by atoms with Crippen molar-refractivity contribution in [3.63, 3.8) is 0 Å². The maximum absolute atomic E-state index is 6.11. The summed E-state index contributed by atoms with van der Waals surface area (Å²) in [5.74, 6) is 1.83. The quantitative estimate of drug-likeness (QED) is 0.871. The van der Waals surface area contributed by atoms with Crippen LogP contribution in [-0.4, -0.2) is 11.6 Å². The molecule has 2 nitrogen and oxygen atoms in total. The fourth-order valence-corrected chi connectivity index (χ4v) is 2.73. The molecule has 0 spiro atoms. The van der Waals surface area contributed by atoms with E-state index in [4.69, 9.17) is 4.74 Å². The first kappa shape index (κ1) is 15.4. The van der Waals surface area contributed by atoms with Crippen LogP contribution in [-0.2, 0) is 6.54 Å². The van der Waals surface area contributed by atoms with Crippen LogP contribution in [0.5, 0.6) is 5.75 Å². The van der Waals surface area contributed by atoms with Gasteiger partial charge in [0.2, 0.25) is 0 Å². The SMILES string of the molecule is CC1CCCC(Oc2ccc(CNC(C)(C)C)cc2)C1. The van der Waals surface area contributed by atoms with E-state index in [0.717, 1.165) is 18.2 Å². The molecule has 2 heteroatoms. The number of benzene rings is 1. The Morgan fingerprint density at radius 1 is 1.15 bits per heavy atom. The molecule has 0 amide bonds. The van der Waals surface area contributed by atoms with Gasteiger partial charge in [-0.3, -0.25) is 0 Å². The molecule has 2 atom stereocenters. The molecule has 2 rings (SSSR count). The number of rotatable bonds is 4. The van der Waals surface area contributed by atoms with Gasteiger partial charge in [0.1, 0.15) is 5.75 Å². The highest BCUT2D eigenvalue weighted by Gasteiger charge is 2.20. The topological polar surface area (TPSA) is 21.3 Å². The summed E-state index contributed by atoms with van der Waals surface area (Å²) in [4.78, 5) is 0. The van der Waals surface area contributed by atoms with Crippen LogP contribution in [0.2, 0.25) is 0 Å². The van der Waals surface area contributed by atoms with Crippen LogP contribution in [0.1, 0.15) is 58.9 Å². The third-order valence-electron chi connectivity index (χ3n) is 3.94. The predicted octanol–water partition coefficient (Wildman–Crippen LogP) is 4.53. The molecule has 1 aliphatic carbocycles. The standard InChI is InChI=1S/C18H29NO/c1-14-6-5-7-17(12-14)20-16-10-8-15(9-11-16)13-19-18(2,3)4/h8-11,14,17,19H,5-7,12-13H2,1-4H3. The molecule has 112 valence electrons. The van der Waals surface area contributed by atoms with Crippen LogP contribution in [0.4, 0.5) is 0 Å². The van der Waals surface area contributed by atoms with Crippen molar-refractivity contribution in [3.05, 3.63) is 29.8 Å². The lowest BCUT2D eigenvalue weighted by molar-refractivity contribution is 0.129. The first-order valence-electron chi connectivity index (χ1n) is 7.93. The van der Waals surface area contributed by atoms with Crippen LogP contribution < -0.4 is 10.1 Å². The monoisotopic (exact) mass is 275 g/mol. The molecule has 1 aliphatic rings. The van der Waals surface area contributed by atoms with E-state index in [1.807, 2.05) is 0 Å². The Morgan fingerprint density at radius 3 is 2.45 bits per heavy atom. The second-order valence-electron chi connectivity index (χ2n) is 7.26. The summed E-state index contributed by atoms with van der Waals surface area (Å²) >= 11 is 0. The minimum Gasteiger partial charge on any atom is -0.490 e. The van der Waals surface area contributed by atoms with Crippen molar-refractivity contribution in [2.45, 2.75) is 71.6 Å². The molecule has 0 radical (unpaired) electrons. The maximum atomic E-state index is 6.11. The first-order valence-corrected chi connectivity index (χ1v) is 7.93. The highest BCUT2D eigenvalue weighted by Crippen LogP contribution is 2.27. The molecule has 0 heterocycles. The van der Waals surface area contributed by atoms with Gasteiger partial charge in [0.25, 0.3) is 0 Å². The molecule has 1 aromatic rings. The number of ether oxygens (including phenoxy) is 1. The van der Waals surface area contributed by atoms with E-state index in [-0.39, 0.29) is 5.54 Å². The predicted molar refractivity (Wildman–Crippen MR) is 85.1 cm³/mol. The Bertz CT molecular complexity index is 404. The lowest BCUT2D eigenvalue weighted by atomic mass is 9.89. The van der Waals surface area contributed by atoms with Crippen molar-refractivity contribution in [3.8, 4) is 5.75 Å². The first-order chi connectivity index (χ1) is 9.42. The van der Waals surface area contributed by atoms with Crippen LogP contribution in [0.25, 0.3) is 0 Å². The van der Waals surface area contributed by atoms with Gasteiger partial charge in [-0.1, -0.05) is 25.5 Å². The third kappa shape index (κ3) is 5.16. The molecule has 20 heavy (non-hydrogen) atoms. The average molecular weight is 275 g/mol. The summed E-state index contributed by atoms with van der Waals surface area (Å²) in [5.41, 5.74) is 1.47. The van der Waals surface area contributed by atoms with E-state index < -0.39 is 0 Å². The maximum Gasteiger partial charge on any atom is 0.119 e. The second kappa shape index (κ2) is 6.62. The second-order valence-corrected chi connectivity index (χ2v) is 7.26. The zero-order chi connectivity index (χ0) is 14.6. The highest BCUT2D eigenvalue weighted by molar-refractivity contribution is 5.27. The molecule has 1 aromatic carbocycles. The van der Waals surface area contributed by atoms with E-state index in [0.29, 0.717) is 6.10 Å². The lowest BCUT2D eigenvalue weighted by Crippen LogP contribution is -2.35. The van der Waals surface area contributed by atoms with Gasteiger partial charge in [-0.25, -0.2) is 0 Å². The van der Waals surface area contributed by atoms with Crippen molar-refractivity contribution >= 4 is 0 Å².